The Bertz CT molecular complexity index is 3320. The number of H-pyrrole nitrogens is 2. The fraction of sp³-hybridized carbons (Fsp3) is 0.562. The standard InChI is InChI=1S/C32H42N12O25P4/c1-41-11-44(25-16(41)26(49)40-30(34)39-25)28-19(48)20(59-2)13(65-28)6-62-71(53,54)68-73(57,58)69-72(55,56)63-8-32-7-60-21(29(66-32)43-10-37-15-23(33)35-9-36-24(15)43)22(32)67-70(51,52)61-5-12-17(46)18(47)27(64-12)42-4-3-14(45)38-31(42)50/h3-4,9-13,17-22,27-29,46-48H,5-8H2,1-2H3,(H9-,33,34,35,36,38,39,40,45,49,50,51,52,53,54,55,56,57,58)/p-3/t12-,13-,17?,18+,19?,20+,21+,22?,27-,28-,29-,32-/m1/s1. The summed E-state index contributed by atoms with van der Waals surface area (Å²) in [7, 11) is -22.2. The number of aryl methyl sites for hydroxylation is 1. The Hall–Kier alpha value is -4.62. The Morgan fingerprint density at radius 1 is 0.877 bits per heavy atom. The number of phosphoric ester groups is 3. The van der Waals surface area contributed by atoms with E-state index in [9.17, 15) is 67.5 Å². The molecule has 0 aliphatic carbocycles. The third kappa shape index (κ3) is 10.4. The van der Waals surface area contributed by atoms with Crippen LogP contribution in [0.25, 0.3) is 22.3 Å². The monoisotopic (exact) mass is 1120 g/mol. The topological polar surface area (TPSA) is 528 Å². The molecule has 37 nitrogen and oxygen atoms in total. The molecule has 0 spiro atoms. The molecule has 73 heavy (non-hydrogen) atoms. The Balaban J connectivity index is 0.870. The highest BCUT2D eigenvalue weighted by molar-refractivity contribution is 7.65. The van der Waals surface area contributed by atoms with Gasteiger partial charge >= 0.3 is 11.3 Å². The van der Waals surface area contributed by atoms with Crippen molar-refractivity contribution in [1.82, 2.24) is 43.6 Å². The summed E-state index contributed by atoms with van der Waals surface area (Å²) in [6.45, 7) is -4.37. The number of nitrogens with zero attached hydrogens (tertiary/aromatic N) is 8. The number of ether oxygens (including phenoxy) is 5. The summed E-state index contributed by atoms with van der Waals surface area (Å²) in [5.41, 5.74) is 6.65. The lowest BCUT2D eigenvalue weighted by molar-refractivity contribution is -0.745. The molecule has 0 saturated carbocycles. The third-order valence-corrected chi connectivity index (χ3v) is 16.7. The summed E-state index contributed by atoms with van der Waals surface area (Å²) in [4.78, 5) is 109. The van der Waals surface area contributed by atoms with E-state index in [2.05, 4.69) is 38.1 Å². The van der Waals surface area contributed by atoms with Crippen molar-refractivity contribution in [3.8, 4) is 0 Å². The minimum atomic E-state index is -6.57. The number of hydrogen-bond acceptors (Lipinski definition) is 31. The summed E-state index contributed by atoms with van der Waals surface area (Å²) in [6.07, 6.45) is -13.7. The van der Waals surface area contributed by atoms with Crippen LogP contribution in [0.3, 0.4) is 0 Å². The molecule has 2 bridgehead atoms. The summed E-state index contributed by atoms with van der Waals surface area (Å²) in [5, 5.41) is 32.2. The number of nitrogens with two attached hydrogens (primary N) is 2. The number of anilines is 2. The summed E-state index contributed by atoms with van der Waals surface area (Å²) in [6, 6.07) is 0.908. The van der Waals surface area contributed by atoms with Gasteiger partial charge in [0.15, 0.2) is 30.2 Å². The average molecular weight is 1120 g/mol. The Morgan fingerprint density at radius 3 is 2.29 bits per heavy atom. The highest BCUT2D eigenvalue weighted by atomic mass is 31.3. The van der Waals surface area contributed by atoms with Gasteiger partial charge in [0.05, 0.1) is 39.8 Å². The van der Waals surface area contributed by atoms with Crippen LogP contribution >= 0.6 is 31.3 Å². The van der Waals surface area contributed by atoms with E-state index in [0.29, 0.717) is 4.57 Å². The van der Waals surface area contributed by atoms with Gasteiger partial charge in [0.2, 0.25) is 11.7 Å². The molecular weight excluding hydrogens is 1080 g/mol. The Labute approximate surface area is 404 Å². The molecule has 5 aromatic rings. The maximum atomic E-state index is 13.5. The smallest absolute Gasteiger partial charge is 0.330 e. The molecule has 4 aliphatic rings. The fourth-order valence-electron chi connectivity index (χ4n) is 8.48. The second kappa shape index (κ2) is 19.5. The zero-order valence-corrected chi connectivity index (χ0v) is 40.5. The van der Waals surface area contributed by atoms with E-state index in [1.807, 2.05) is 4.98 Å². The number of aliphatic hydroxyl groups is 3. The molecular formula is C32H39N12O25P4-3. The highest BCUT2D eigenvalue weighted by Crippen LogP contribution is 2.64. The number of aliphatic hydroxyl groups excluding tert-OH is 3. The molecule has 7 unspecified atom stereocenters. The molecule has 0 aromatic carbocycles. The van der Waals surface area contributed by atoms with E-state index in [1.165, 1.54) is 22.5 Å². The van der Waals surface area contributed by atoms with Crippen LogP contribution < -0.4 is 52.4 Å². The van der Waals surface area contributed by atoms with Crippen LogP contribution in [0.1, 0.15) is 18.7 Å². The number of methoxy groups -OCH3 is 1. The highest BCUT2D eigenvalue weighted by Gasteiger charge is 2.65. The van der Waals surface area contributed by atoms with Gasteiger partial charge in [-0.2, -0.15) is 0 Å². The van der Waals surface area contributed by atoms with E-state index in [4.69, 9.17) is 48.7 Å². The van der Waals surface area contributed by atoms with E-state index < -0.39 is 148 Å². The number of aromatic nitrogens is 10. The van der Waals surface area contributed by atoms with Crippen molar-refractivity contribution in [3.63, 3.8) is 0 Å². The number of imidazole rings is 2. The molecule has 4 saturated heterocycles. The zero-order chi connectivity index (χ0) is 52.7. The van der Waals surface area contributed by atoms with Crippen LogP contribution in [0, 0.1) is 0 Å². The van der Waals surface area contributed by atoms with Crippen molar-refractivity contribution in [2.45, 2.75) is 73.1 Å². The minimum Gasteiger partial charge on any atom is -0.756 e. The van der Waals surface area contributed by atoms with Crippen LogP contribution in [0.2, 0.25) is 0 Å². The van der Waals surface area contributed by atoms with Gasteiger partial charge in [0, 0.05) is 19.4 Å². The van der Waals surface area contributed by atoms with Crippen LogP contribution in [-0.4, -0.2) is 147 Å². The average Bonchev–Trinajstić information content (AvgIpc) is 4.14. The van der Waals surface area contributed by atoms with Gasteiger partial charge in [-0.05, 0) is 0 Å². The van der Waals surface area contributed by atoms with Gasteiger partial charge in [-0.25, -0.2) is 32.9 Å². The van der Waals surface area contributed by atoms with Crippen molar-refractivity contribution < 1.29 is 108 Å². The van der Waals surface area contributed by atoms with Gasteiger partial charge in [0.1, 0.15) is 66.3 Å². The largest absolute Gasteiger partial charge is 0.756 e. The first-order chi connectivity index (χ1) is 34.2. The molecule has 4 aliphatic heterocycles. The number of rotatable bonds is 19. The first kappa shape index (κ1) is 53.2. The second-order valence-electron chi connectivity index (χ2n) is 16.4. The number of hydrogen-bond donors (Lipinski definition) is 7. The number of phosphoric acid groups is 4. The van der Waals surface area contributed by atoms with Crippen molar-refractivity contribution in [2.24, 2.45) is 7.05 Å². The second-order valence-corrected chi connectivity index (χ2v) is 22.2. The zero-order valence-electron chi connectivity index (χ0n) is 36.9. The Morgan fingerprint density at radius 2 is 1.58 bits per heavy atom. The maximum absolute atomic E-state index is 13.5. The van der Waals surface area contributed by atoms with Gasteiger partial charge in [0.25, 0.3) is 48.4 Å². The normalized spacial score (nSPS) is 32.5. The molecule has 9 heterocycles. The summed E-state index contributed by atoms with van der Waals surface area (Å²) < 4.78 is 113. The number of aromatic amines is 2. The minimum absolute atomic E-state index is 0.00321. The molecule has 0 radical (unpaired) electrons. The Kier molecular flexibility index (Phi) is 14.2. The van der Waals surface area contributed by atoms with Crippen LogP contribution in [-0.2, 0) is 75.7 Å². The first-order valence-corrected chi connectivity index (χ1v) is 26.5. The van der Waals surface area contributed by atoms with Crippen molar-refractivity contribution in [3.05, 3.63) is 62.4 Å². The summed E-state index contributed by atoms with van der Waals surface area (Å²) >= 11 is 0. The third-order valence-electron chi connectivity index (χ3n) is 11.6. The molecule has 41 heteroatoms. The predicted molar refractivity (Wildman–Crippen MR) is 222 cm³/mol. The van der Waals surface area contributed by atoms with E-state index in [1.54, 1.807) is 0 Å². The van der Waals surface area contributed by atoms with Gasteiger partial charge in [-0.3, -0.25) is 51.5 Å². The maximum Gasteiger partial charge on any atom is 0.330 e. The molecule has 400 valence electrons. The summed E-state index contributed by atoms with van der Waals surface area (Å²) in [5.74, 6) is -0.404. The van der Waals surface area contributed by atoms with Crippen LogP contribution in [0.4, 0.5) is 11.8 Å². The van der Waals surface area contributed by atoms with E-state index >= 15 is 0 Å². The van der Waals surface area contributed by atoms with Gasteiger partial charge in [-0.15, -0.1) is 0 Å². The van der Waals surface area contributed by atoms with Crippen LogP contribution in [0.5, 0.6) is 0 Å². The SMILES string of the molecule is CO[C@@H]1C(O)[C@H]([n+]2cn(C)c3c(=O)[nH]c(N)nc32)O[C@@H]1COP(=O)([O-])OP(=O)([O-])OP(=O)([O-])OC[C@]12CO[C@@H](C1OP(=O)([O-])OC[C@H]1O[C@@H](n3ccc(=O)[nH]c3=O)[C@@H](O)C1O)[C@H](n1cnc3c(N)ncnc31)O2. The molecule has 9 rings (SSSR count). The number of nitrogens with one attached hydrogen (secondary N) is 2. The van der Waals surface area contributed by atoms with Crippen molar-refractivity contribution >= 4 is 65.4 Å². The molecule has 0 amide bonds. The van der Waals surface area contributed by atoms with Gasteiger partial charge < -0.3 is 88.1 Å². The first-order valence-electron chi connectivity index (χ1n) is 20.7. The molecule has 16 atom stereocenters. The number of nitrogen functional groups attached to an aromatic ring is 2. The van der Waals surface area contributed by atoms with Gasteiger partial charge in [-0.1, -0.05) is 4.98 Å². The predicted octanol–water partition coefficient (Wildman–Crippen LogP) is -7.00. The van der Waals surface area contributed by atoms with Crippen molar-refractivity contribution in [1.29, 1.82) is 0 Å². The van der Waals surface area contributed by atoms with Crippen LogP contribution in [0.15, 0.2) is 45.6 Å². The quantitative estimate of drug-likeness (QED) is 0.0298. The van der Waals surface area contributed by atoms with E-state index in [0.717, 1.165) is 36.6 Å². The molecule has 4 fully saturated rings. The van der Waals surface area contributed by atoms with Crippen molar-refractivity contribution in [2.75, 3.05) is 45.0 Å². The lowest BCUT2D eigenvalue weighted by Gasteiger charge is -2.37. The van der Waals surface area contributed by atoms with E-state index in [-0.39, 0.29) is 34.1 Å². The molecule has 9 N–H and O–H groups in total. The molecule has 5 aromatic heterocycles. The lowest BCUT2D eigenvalue weighted by Crippen LogP contribution is -2.46. The fourth-order valence-corrected chi connectivity index (χ4v) is 12.9. The number of fused-ring (bicyclic) bond motifs is 4. The lowest BCUT2D eigenvalue weighted by atomic mass is 10.0.